The van der Waals surface area contributed by atoms with Gasteiger partial charge in [-0.3, -0.25) is 0 Å². The van der Waals surface area contributed by atoms with Gasteiger partial charge in [0.2, 0.25) is 10.0 Å². The minimum Gasteiger partial charge on any atom is -0.492 e. The van der Waals surface area contributed by atoms with Gasteiger partial charge in [0.15, 0.2) is 0 Å². The summed E-state index contributed by atoms with van der Waals surface area (Å²) >= 11 is 3.39. The van der Waals surface area contributed by atoms with Gasteiger partial charge in [0.25, 0.3) is 0 Å². The maximum atomic E-state index is 12.9. The van der Waals surface area contributed by atoms with Gasteiger partial charge in [-0.1, -0.05) is 22.9 Å². The number of hydrogen-bond donors (Lipinski definition) is 1. The highest BCUT2D eigenvalue weighted by atomic mass is 79.9. The summed E-state index contributed by atoms with van der Waals surface area (Å²) in [6.45, 7) is 4.04. The molecule has 1 aromatic rings. The minimum absolute atomic E-state index is 0. The second-order valence-electron chi connectivity index (χ2n) is 6.09. The summed E-state index contributed by atoms with van der Waals surface area (Å²) in [5, 5.41) is 0. The predicted octanol–water partition coefficient (Wildman–Crippen LogP) is 2.17. The quantitative estimate of drug-likeness (QED) is 0.827. The van der Waals surface area contributed by atoms with Crippen LogP contribution in [-0.4, -0.2) is 39.0 Å². The first kappa shape index (κ1) is 18.0. The third-order valence-corrected chi connectivity index (χ3v) is 6.66. The Balaban J connectivity index is 0.00000176. The van der Waals surface area contributed by atoms with Crippen LogP contribution in [0.2, 0.25) is 0 Å². The molecule has 8 heteroatoms. The molecule has 0 radical (unpaired) electrons. The maximum Gasteiger partial charge on any atom is 0.246 e. The highest BCUT2D eigenvalue weighted by Gasteiger charge is 2.40. The van der Waals surface area contributed by atoms with Crippen LogP contribution >= 0.6 is 28.3 Å². The fourth-order valence-electron chi connectivity index (χ4n) is 2.92. The lowest BCUT2D eigenvalue weighted by atomic mass is 9.90. The third kappa shape index (κ3) is 3.01. The van der Waals surface area contributed by atoms with Crippen LogP contribution in [-0.2, 0) is 16.4 Å². The van der Waals surface area contributed by atoms with Crippen LogP contribution in [0.1, 0.15) is 18.9 Å². The molecule has 3 rings (SSSR count). The molecule has 1 aromatic carbocycles. The molecule has 0 saturated carbocycles. The molecule has 0 aliphatic carbocycles. The lowest BCUT2D eigenvalue weighted by molar-refractivity contribution is 0.340. The number of ether oxygens (including phenoxy) is 1. The molecule has 1 atom stereocenters. The fraction of sp³-hybridized carbons (Fsp3) is 0.571. The molecule has 0 amide bonds. The van der Waals surface area contributed by atoms with Gasteiger partial charge in [-0.25, -0.2) is 8.42 Å². The zero-order valence-electron chi connectivity index (χ0n) is 12.3. The van der Waals surface area contributed by atoms with E-state index in [4.69, 9.17) is 10.5 Å². The number of benzene rings is 1. The Kier molecular flexibility index (Phi) is 5.14. The normalized spacial score (nSPS) is 24.7. The van der Waals surface area contributed by atoms with Crippen molar-refractivity contribution in [3.8, 4) is 5.75 Å². The summed E-state index contributed by atoms with van der Waals surface area (Å²) in [4.78, 5) is 0.269. The molecule has 2 aliphatic rings. The average Bonchev–Trinajstić information content (AvgIpc) is 3.05. The highest BCUT2D eigenvalue weighted by Crippen LogP contribution is 2.40. The lowest BCUT2D eigenvalue weighted by Gasteiger charge is -2.23. The van der Waals surface area contributed by atoms with Crippen molar-refractivity contribution >= 4 is 38.4 Å². The summed E-state index contributed by atoms with van der Waals surface area (Å²) < 4.78 is 33.7. The van der Waals surface area contributed by atoms with E-state index in [9.17, 15) is 8.42 Å². The lowest BCUT2D eigenvalue weighted by Crippen LogP contribution is -2.34. The molecule has 5 nitrogen and oxygen atoms in total. The van der Waals surface area contributed by atoms with Gasteiger partial charge in [-0.05, 0) is 30.5 Å². The Morgan fingerprint density at radius 1 is 1.45 bits per heavy atom. The van der Waals surface area contributed by atoms with E-state index >= 15 is 0 Å². The van der Waals surface area contributed by atoms with Crippen molar-refractivity contribution in [2.45, 2.75) is 24.7 Å². The molecular weight excluding hydrogens is 392 g/mol. The number of rotatable bonds is 3. The van der Waals surface area contributed by atoms with E-state index in [0.717, 1.165) is 22.9 Å². The number of hydrogen-bond acceptors (Lipinski definition) is 4. The molecule has 22 heavy (non-hydrogen) atoms. The summed E-state index contributed by atoms with van der Waals surface area (Å²) in [5.41, 5.74) is 6.58. The average molecular weight is 412 g/mol. The Morgan fingerprint density at radius 2 is 2.18 bits per heavy atom. The maximum absolute atomic E-state index is 12.9. The molecule has 2 aliphatic heterocycles. The highest BCUT2D eigenvalue weighted by molar-refractivity contribution is 9.10. The summed E-state index contributed by atoms with van der Waals surface area (Å²) in [5.74, 6) is 0.513. The summed E-state index contributed by atoms with van der Waals surface area (Å²) in [7, 11) is -3.54. The van der Waals surface area contributed by atoms with E-state index in [2.05, 4.69) is 15.9 Å². The molecule has 0 aromatic heterocycles. The van der Waals surface area contributed by atoms with Crippen LogP contribution in [0, 0.1) is 5.41 Å². The summed E-state index contributed by atoms with van der Waals surface area (Å²) in [6.07, 6.45) is 1.54. The van der Waals surface area contributed by atoms with Crippen LogP contribution < -0.4 is 10.5 Å². The predicted molar refractivity (Wildman–Crippen MR) is 91.1 cm³/mol. The van der Waals surface area contributed by atoms with Gasteiger partial charge in [-0.2, -0.15) is 4.31 Å². The van der Waals surface area contributed by atoms with E-state index < -0.39 is 10.0 Å². The fourth-order valence-corrected chi connectivity index (χ4v) is 5.36. The molecule has 1 fully saturated rings. The van der Waals surface area contributed by atoms with Crippen LogP contribution in [0.5, 0.6) is 5.75 Å². The van der Waals surface area contributed by atoms with Gasteiger partial charge in [0.05, 0.1) is 6.61 Å². The Morgan fingerprint density at radius 3 is 2.82 bits per heavy atom. The second-order valence-corrected chi connectivity index (χ2v) is 8.92. The van der Waals surface area contributed by atoms with Crippen molar-refractivity contribution in [2.75, 3.05) is 26.2 Å². The number of halogens is 2. The molecule has 1 saturated heterocycles. The van der Waals surface area contributed by atoms with Crippen LogP contribution in [0.3, 0.4) is 0 Å². The number of sulfonamides is 1. The van der Waals surface area contributed by atoms with E-state index in [-0.39, 0.29) is 22.7 Å². The van der Waals surface area contributed by atoms with Crippen LogP contribution in [0.15, 0.2) is 21.5 Å². The van der Waals surface area contributed by atoms with Gasteiger partial charge in [-0.15, -0.1) is 12.4 Å². The number of nitrogens with two attached hydrogens (primary N) is 1. The van der Waals surface area contributed by atoms with Crippen molar-refractivity contribution in [1.82, 2.24) is 4.31 Å². The van der Waals surface area contributed by atoms with Crippen molar-refractivity contribution in [2.24, 2.45) is 11.1 Å². The van der Waals surface area contributed by atoms with Crippen molar-refractivity contribution in [3.63, 3.8) is 0 Å². The van der Waals surface area contributed by atoms with E-state index in [0.29, 0.717) is 32.0 Å². The Labute approximate surface area is 145 Å². The molecule has 0 spiro atoms. The van der Waals surface area contributed by atoms with Crippen molar-refractivity contribution < 1.29 is 13.2 Å². The van der Waals surface area contributed by atoms with E-state index in [1.54, 1.807) is 6.07 Å². The molecule has 2 N–H and O–H groups in total. The van der Waals surface area contributed by atoms with Crippen LogP contribution in [0.25, 0.3) is 0 Å². The largest absolute Gasteiger partial charge is 0.492 e. The van der Waals surface area contributed by atoms with Gasteiger partial charge < -0.3 is 10.5 Å². The van der Waals surface area contributed by atoms with Gasteiger partial charge >= 0.3 is 0 Å². The van der Waals surface area contributed by atoms with E-state index in [1.807, 2.05) is 13.0 Å². The monoisotopic (exact) mass is 410 g/mol. The van der Waals surface area contributed by atoms with Crippen molar-refractivity contribution in [1.29, 1.82) is 0 Å². The first-order valence-electron chi connectivity index (χ1n) is 7.01. The zero-order chi connectivity index (χ0) is 15.3. The zero-order valence-corrected chi connectivity index (χ0v) is 15.6. The second kappa shape index (κ2) is 6.28. The standard InChI is InChI=1S/C14H19BrN2O3S.ClH/c1-14(8-16)3-4-17(9-14)21(18,19)12-7-11(15)6-10-2-5-20-13(10)12;/h6-7H,2-5,8-9,16H2,1H3;1H. The van der Waals surface area contributed by atoms with Crippen LogP contribution in [0.4, 0.5) is 0 Å². The minimum atomic E-state index is -3.54. The molecule has 0 bridgehead atoms. The third-order valence-electron chi connectivity index (χ3n) is 4.35. The van der Waals surface area contributed by atoms with Crippen molar-refractivity contribution in [3.05, 3.63) is 22.2 Å². The molecule has 1 unspecified atom stereocenters. The molecule has 2 heterocycles. The summed E-state index contributed by atoms with van der Waals surface area (Å²) in [6, 6.07) is 3.56. The Bertz CT molecular complexity index is 683. The number of fused-ring (bicyclic) bond motifs is 1. The Hall–Kier alpha value is -0.340. The molecule has 124 valence electrons. The van der Waals surface area contributed by atoms with E-state index in [1.165, 1.54) is 4.31 Å². The first-order chi connectivity index (χ1) is 9.86. The number of nitrogens with zero attached hydrogens (tertiary/aromatic N) is 1. The van der Waals surface area contributed by atoms with Gasteiger partial charge in [0.1, 0.15) is 10.6 Å². The van der Waals surface area contributed by atoms with Gasteiger partial charge in [0, 0.05) is 29.5 Å². The molecular formula is C14H20BrClN2O3S. The SMILES string of the molecule is CC1(CN)CCN(S(=O)(=O)c2cc(Br)cc3c2OCC3)C1.Cl. The smallest absolute Gasteiger partial charge is 0.246 e. The topological polar surface area (TPSA) is 72.6 Å². The first-order valence-corrected chi connectivity index (χ1v) is 9.24.